The van der Waals surface area contributed by atoms with Gasteiger partial charge in [0, 0.05) is 18.6 Å². The molecule has 6 heteroatoms. The Morgan fingerprint density at radius 2 is 2.38 bits per heavy atom. The molecule has 1 aliphatic rings. The zero-order valence-corrected chi connectivity index (χ0v) is 10.6. The number of quaternary nitrogens is 1. The van der Waals surface area contributed by atoms with Gasteiger partial charge in [0.25, 0.3) is 0 Å². The third kappa shape index (κ3) is 1.45. The van der Waals surface area contributed by atoms with Gasteiger partial charge in [0.15, 0.2) is 4.83 Å². The molecule has 0 spiro atoms. The maximum absolute atomic E-state index is 6.02. The quantitative estimate of drug-likeness (QED) is 0.576. The van der Waals surface area contributed by atoms with Crippen LogP contribution in [0.1, 0.15) is 10.4 Å². The number of aromatic nitrogens is 2. The molecule has 2 aromatic heterocycles. The number of nitrogens with one attached hydrogen (secondary N) is 3. The van der Waals surface area contributed by atoms with Crippen molar-refractivity contribution in [1.82, 2.24) is 4.98 Å². The molecule has 84 valence electrons. The number of fused-ring (bicyclic) bond motifs is 3. The van der Waals surface area contributed by atoms with Crippen molar-refractivity contribution in [1.29, 1.82) is 0 Å². The Bertz CT molecular complexity index is 613. The Hall–Kier alpha value is -0.980. The van der Waals surface area contributed by atoms with Gasteiger partial charge < -0.3 is 10.6 Å². The molecule has 0 fully saturated rings. The Kier molecular flexibility index (Phi) is 2.24. The van der Waals surface area contributed by atoms with Crippen molar-refractivity contribution >= 4 is 39.6 Å². The third-order valence-electron chi connectivity index (χ3n) is 3.10. The first-order valence-corrected chi connectivity index (χ1v) is 6.54. The number of hydrogen-bond acceptors (Lipinski definition) is 3. The summed E-state index contributed by atoms with van der Waals surface area (Å²) in [5, 5.41) is 1.15. The molecule has 0 aliphatic carbocycles. The monoisotopic (exact) mass is 254 g/mol. The number of hydrogen-bond donors (Lipinski definition) is 3. The van der Waals surface area contributed by atoms with Crippen LogP contribution < -0.4 is 15.6 Å². The molecule has 0 aromatic carbocycles. The van der Waals surface area contributed by atoms with Crippen molar-refractivity contribution < 1.29 is 9.88 Å². The zero-order valence-electron chi connectivity index (χ0n) is 9.02. The van der Waals surface area contributed by atoms with Crippen LogP contribution in [0.2, 0.25) is 0 Å². The summed E-state index contributed by atoms with van der Waals surface area (Å²) in [7, 11) is 2.23. The number of nitrogen functional groups attached to an aromatic ring is 1. The second-order valence-corrected chi connectivity index (χ2v) is 5.85. The highest BCUT2D eigenvalue weighted by Crippen LogP contribution is 2.32. The van der Waals surface area contributed by atoms with E-state index in [0.717, 1.165) is 23.2 Å². The minimum Gasteiger partial charge on any atom is -0.366 e. The Balaban J connectivity index is 2.33. The lowest BCUT2D eigenvalue weighted by atomic mass is 10.1. The summed E-state index contributed by atoms with van der Waals surface area (Å²) in [6, 6.07) is 0. The first-order chi connectivity index (χ1) is 7.65. The number of anilines is 1. The topological polar surface area (TPSA) is 60.4 Å². The molecule has 1 aliphatic heterocycles. The lowest BCUT2D eigenvalue weighted by molar-refractivity contribution is -0.895. The number of aromatic amines is 2. The number of rotatable bonds is 0. The van der Waals surface area contributed by atoms with Crippen LogP contribution in [0.5, 0.6) is 0 Å². The zero-order chi connectivity index (χ0) is 11.3. The predicted octanol–water partition coefficient (Wildman–Crippen LogP) is -0.0740. The fourth-order valence-electron chi connectivity index (χ4n) is 2.31. The van der Waals surface area contributed by atoms with E-state index in [9.17, 15) is 0 Å². The van der Waals surface area contributed by atoms with Gasteiger partial charge in [0.05, 0.1) is 18.5 Å². The minimum absolute atomic E-state index is 0.601. The van der Waals surface area contributed by atoms with Crippen LogP contribution in [0.3, 0.4) is 0 Å². The summed E-state index contributed by atoms with van der Waals surface area (Å²) in [6.45, 7) is 2.27. The summed E-state index contributed by atoms with van der Waals surface area (Å²) < 4.78 is 0.601. The van der Waals surface area contributed by atoms with Crippen molar-refractivity contribution in [2.24, 2.45) is 0 Å². The minimum atomic E-state index is 0.601. The molecule has 3 heterocycles. The van der Waals surface area contributed by atoms with Gasteiger partial charge in [-0.1, -0.05) is 11.3 Å². The van der Waals surface area contributed by atoms with Crippen LogP contribution in [0.15, 0.2) is 0 Å². The molecule has 0 bridgehead atoms. The highest BCUT2D eigenvalue weighted by atomic mass is 32.1. The van der Waals surface area contributed by atoms with Gasteiger partial charge in [0.1, 0.15) is 11.9 Å². The smallest absolute Gasteiger partial charge is 0.349 e. The second kappa shape index (κ2) is 3.51. The average molecular weight is 254 g/mol. The molecule has 0 saturated heterocycles. The standard InChI is InChI=1S/C10H12N4S2/c1-14-3-2-5-6(4-14)16-9-7(5)8(11)12-10(15)13-9/h2-4H2,1H3,(H3,11,12,13,15)/p+2. The van der Waals surface area contributed by atoms with Crippen LogP contribution >= 0.6 is 23.6 Å². The predicted molar refractivity (Wildman–Crippen MR) is 67.1 cm³/mol. The number of nitrogens with two attached hydrogens (primary N) is 1. The molecular formula is C10H14N4S2+2. The summed E-state index contributed by atoms with van der Waals surface area (Å²) in [6.07, 6.45) is 1.10. The molecule has 1 unspecified atom stereocenters. The van der Waals surface area contributed by atoms with Gasteiger partial charge in [-0.2, -0.15) is 0 Å². The fourth-order valence-corrected chi connectivity index (χ4v) is 3.97. The molecule has 1 atom stereocenters. The Morgan fingerprint density at radius 1 is 1.56 bits per heavy atom. The summed E-state index contributed by atoms with van der Waals surface area (Å²) >= 11 is 6.89. The van der Waals surface area contributed by atoms with Crippen LogP contribution in [-0.4, -0.2) is 18.6 Å². The largest absolute Gasteiger partial charge is 0.366 e. The first-order valence-electron chi connectivity index (χ1n) is 5.32. The van der Waals surface area contributed by atoms with Crippen molar-refractivity contribution in [3.8, 4) is 0 Å². The Labute approximate surface area is 102 Å². The SMILES string of the molecule is C[NH+]1CCc2c(sc3[nH+]c(=S)[nH]c(N)c23)C1. The molecule has 16 heavy (non-hydrogen) atoms. The van der Waals surface area contributed by atoms with Gasteiger partial charge in [0.2, 0.25) is 5.82 Å². The maximum Gasteiger partial charge on any atom is 0.349 e. The number of H-pyrrole nitrogens is 2. The van der Waals surface area contributed by atoms with Crippen LogP contribution in [0.25, 0.3) is 10.2 Å². The van der Waals surface area contributed by atoms with E-state index < -0.39 is 0 Å². The van der Waals surface area contributed by atoms with Gasteiger partial charge in [-0.3, -0.25) is 0 Å². The molecule has 4 nitrogen and oxygen atoms in total. The first kappa shape index (κ1) is 10.2. The van der Waals surface area contributed by atoms with E-state index in [1.807, 2.05) is 0 Å². The van der Waals surface area contributed by atoms with E-state index in [4.69, 9.17) is 18.0 Å². The van der Waals surface area contributed by atoms with Crippen molar-refractivity contribution in [2.75, 3.05) is 19.3 Å². The lowest BCUT2D eigenvalue weighted by Crippen LogP contribution is -3.08. The van der Waals surface area contributed by atoms with Crippen LogP contribution in [-0.2, 0) is 13.0 Å². The second-order valence-electron chi connectivity index (χ2n) is 4.33. The van der Waals surface area contributed by atoms with Crippen LogP contribution in [0.4, 0.5) is 5.82 Å². The molecule has 2 aromatic rings. The number of thiophene rings is 1. The summed E-state index contributed by atoms with van der Waals surface area (Å²) in [4.78, 5) is 10.3. The molecule has 5 N–H and O–H groups in total. The average Bonchev–Trinajstić information content (AvgIpc) is 2.54. The van der Waals surface area contributed by atoms with Crippen molar-refractivity contribution in [3.63, 3.8) is 0 Å². The number of likely N-dealkylation sites (N-methyl/N-ethyl adjacent to an activating group) is 1. The van der Waals surface area contributed by atoms with Gasteiger partial charge in [-0.15, -0.1) is 0 Å². The van der Waals surface area contributed by atoms with E-state index in [1.54, 1.807) is 16.2 Å². The van der Waals surface area contributed by atoms with E-state index in [2.05, 4.69) is 17.0 Å². The van der Waals surface area contributed by atoms with E-state index in [0.29, 0.717) is 10.6 Å². The van der Waals surface area contributed by atoms with Gasteiger partial charge in [-0.25, -0.2) is 9.97 Å². The van der Waals surface area contributed by atoms with Crippen molar-refractivity contribution in [3.05, 3.63) is 15.2 Å². The summed E-state index contributed by atoms with van der Waals surface area (Å²) in [5.41, 5.74) is 7.43. The molecular weight excluding hydrogens is 240 g/mol. The lowest BCUT2D eigenvalue weighted by Gasteiger charge is -2.18. The fraction of sp³-hybridized carbons (Fsp3) is 0.400. The van der Waals surface area contributed by atoms with Crippen LogP contribution in [0, 0.1) is 4.77 Å². The summed E-state index contributed by atoms with van der Waals surface area (Å²) in [5.74, 6) is 0.704. The molecule has 3 rings (SSSR count). The Morgan fingerprint density at radius 3 is 3.19 bits per heavy atom. The molecule has 0 saturated carbocycles. The van der Waals surface area contributed by atoms with Crippen molar-refractivity contribution in [2.45, 2.75) is 13.0 Å². The third-order valence-corrected chi connectivity index (χ3v) is 4.45. The highest BCUT2D eigenvalue weighted by Gasteiger charge is 2.25. The van der Waals surface area contributed by atoms with E-state index >= 15 is 0 Å². The van der Waals surface area contributed by atoms with E-state index in [-0.39, 0.29) is 0 Å². The van der Waals surface area contributed by atoms with Gasteiger partial charge in [-0.05, 0) is 5.56 Å². The normalized spacial score (nSPS) is 19.9. The highest BCUT2D eigenvalue weighted by molar-refractivity contribution is 7.71. The van der Waals surface area contributed by atoms with Gasteiger partial charge >= 0.3 is 4.77 Å². The maximum atomic E-state index is 6.02. The van der Waals surface area contributed by atoms with E-state index in [1.165, 1.54) is 17.0 Å². The molecule has 0 radical (unpaired) electrons. The molecule has 0 amide bonds.